The zero-order valence-corrected chi connectivity index (χ0v) is 15.0. The highest BCUT2D eigenvalue weighted by atomic mass is 32.2. The summed E-state index contributed by atoms with van der Waals surface area (Å²) in [5, 5.41) is 3.54. The van der Waals surface area contributed by atoms with Gasteiger partial charge in [-0.2, -0.15) is 0 Å². The molecular formula is C18H28N2O2S. The molecule has 4 nitrogen and oxygen atoms in total. The monoisotopic (exact) mass is 336 g/mol. The van der Waals surface area contributed by atoms with Gasteiger partial charge in [0.15, 0.2) is 9.84 Å². The van der Waals surface area contributed by atoms with Crippen LogP contribution in [0.5, 0.6) is 0 Å². The molecule has 0 bridgehead atoms. The Bertz CT molecular complexity index is 651. The molecule has 2 atom stereocenters. The van der Waals surface area contributed by atoms with E-state index in [2.05, 4.69) is 42.3 Å². The molecule has 0 aliphatic carbocycles. The van der Waals surface area contributed by atoms with Crippen LogP contribution in [0.15, 0.2) is 18.2 Å². The van der Waals surface area contributed by atoms with Crippen LogP contribution in [0.3, 0.4) is 0 Å². The average molecular weight is 337 g/mol. The normalized spacial score (nSPS) is 28.1. The summed E-state index contributed by atoms with van der Waals surface area (Å²) in [4.78, 5) is 2.40. The van der Waals surface area contributed by atoms with E-state index in [4.69, 9.17) is 0 Å². The van der Waals surface area contributed by atoms with Gasteiger partial charge in [-0.25, -0.2) is 8.42 Å². The molecule has 0 saturated carbocycles. The number of hydrogen-bond acceptors (Lipinski definition) is 4. The van der Waals surface area contributed by atoms with Crippen molar-refractivity contribution in [2.75, 3.05) is 24.6 Å². The van der Waals surface area contributed by atoms with E-state index >= 15 is 0 Å². The van der Waals surface area contributed by atoms with E-state index in [0.29, 0.717) is 5.75 Å². The molecule has 0 amide bonds. The van der Waals surface area contributed by atoms with Gasteiger partial charge < -0.3 is 5.32 Å². The smallest absolute Gasteiger partial charge is 0.153 e. The molecular weight excluding hydrogens is 308 g/mol. The fourth-order valence-electron chi connectivity index (χ4n) is 3.92. The zero-order chi connectivity index (χ0) is 16.4. The Morgan fingerprint density at radius 2 is 1.87 bits per heavy atom. The quantitative estimate of drug-likeness (QED) is 0.914. The SMILES string of the molecule is Cc1ccc(CN[C@@H]2CS(=O)(=O)C[C@H]2N2CCCCC2)c(C)c1. The summed E-state index contributed by atoms with van der Waals surface area (Å²) in [6, 6.07) is 6.66. The minimum Gasteiger partial charge on any atom is -0.307 e. The lowest BCUT2D eigenvalue weighted by molar-refractivity contribution is 0.155. The van der Waals surface area contributed by atoms with Gasteiger partial charge in [0.25, 0.3) is 0 Å². The van der Waals surface area contributed by atoms with E-state index in [0.717, 1.165) is 19.6 Å². The third-order valence-corrected chi connectivity index (χ3v) is 6.95. The minimum absolute atomic E-state index is 0.0544. The van der Waals surface area contributed by atoms with Crippen molar-refractivity contribution < 1.29 is 8.42 Å². The number of aryl methyl sites for hydroxylation is 2. The van der Waals surface area contributed by atoms with Crippen LogP contribution in [0.25, 0.3) is 0 Å². The third kappa shape index (κ3) is 4.14. The molecule has 0 unspecified atom stereocenters. The maximum atomic E-state index is 12.2. The number of sulfone groups is 1. The predicted octanol–water partition coefficient (Wildman–Crippen LogP) is 2.04. The van der Waals surface area contributed by atoms with Crippen molar-refractivity contribution >= 4 is 9.84 Å². The largest absolute Gasteiger partial charge is 0.307 e. The summed E-state index contributed by atoms with van der Waals surface area (Å²) in [5.74, 6) is 0.594. The van der Waals surface area contributed by atoms with Crippen LogP contribution in [0.4, 0.5) is 0 Å². The van der Waals surface area contributed by atoms with Crippen LogP contribution >= 0.6 is 0 Å². The van der Waals surface area contributed by atoms with Crippen molar-refractivity contribution in [3.8, 4) is 0 Å². The van der Waals surface area contributed by atoms with Crippen molar-refractivity contribution in [1.29, 1.82) is 0 Å². The third-order valence-electron chi connectivity index (χ3n) is 5.24. The molecule has 0 aromatic heterocycles. The summed E-state index contributed by atoms with van der Waals surface area (Å²) >= 11 is 0. The maximum Gasteiger partial charge on any atom is 0.153 e. The summed E-state index contributed by atoms with van der Waals surface area (Å²) in [7, 11) is -2.92. The maximum absolute atomic E-state index is 12.2. The Balaban J connectivity index is 1.68. The first-order valence-corrected chi connectivity index (χ1v) is 10.5. The number of likely N-dealkylation sites (tertiary alicyclic amines) is 1. The van der Waals surface area contributed by atoms with E-state index in [9.17, 15) is 8.42 Å². The standard InChI is InChI=1S/C18H28N2O2S/c1-14-6-7-16(15(2)10-14)11-19-17-12-23(21,22)13-18(17)20-8-4-3-5-9-20/h6-7,10,17-19H,3-5,8-9,11-13H2,1-2H3/t17-,18-/m1/s1. The zero-order valence-electron chi connectivity index (χ0n) is 14.2. The Morgan fingerprint density at radius 1 is 1.13 bits per heavy atom. The highest BCUT2D eigenvalue weighted by molar-refractivity contribution is 7.91. The van der Waals surface area contributed by atoms with Gasteiger partial charge in [-0.15, -0.1) is 0 Å². The van der Waals surface area contributed by atoms with Gasteiger partial charge >= 0.3 is 0 Å². The second kappa shape index (κ2) is 6.91. The molecule has 128 valence electrons. The lowest BCUT2D eigenvalue weighted by Gasteiger charge is -2.35. The first-order chi connectivity index (χ1) is 10.9. The van der Waals surface area contributed by atoms with Gasteiger partial charge in [-0.05, 0) is 50.9 Å². The average Bonchev–Trinajstić information content (AvgIpc) is 2.82. The fourth-order valence-corrected chi connectivity index (χ4v) is 5.91. The number of benzene rings is 1. The van der Waals surface area contributed by atoms with Gasteiger partial charge in [0, 0.05) is 18.6 Å². The second-order valence-corrected chi connectivity index (χ2v) is 9.31. The Morgan fingerprint density at radius 3 is 2.57 bits per heavy atom. The Kier molecular flexibility index (Phi) is 5.09. The Hall–Kier alpha value is -0.910. The van der Waals surface area contributed by atoms with Crippen LogP contribution in [0, 0.1) is 13.8 Å². The highest BCUT2D eigenvalue weighted by Gasteiger charge is 2.40. The molecule has 1 N–H and O–H groups in total. The van der Waals surface area contributed by atoms with Crippen molar-refractivity contribution in [2.24, 2.45) is 0 Å². The number of nitrogens with zero attached hydrogens (tertiary/aromatic N) is 1. The summed E-state index contributed by atoms with van der Waals surface area (Å²) in [6.45, 7) is 7.05. The molecule has 23 heavy (non-hydrogen) atoms. The van der Waals surface area contributed by atoms with E-state index in [1.54, 1.807) is 0 Å². The molecule has 2 aliphatic rings. The lowest BCUT2D eigenvalue weighted by atomic mass is 10.0. The van der Waals surface area contributed by atoms with Gasteiger partial charge in [-0.3, -0.25) is 4.90 Å². The molecule has 0 spiro atoms. The molecule has 2 aliphatic heterocycles. The molecule has 1 aromatic rings. The van der Waals surface area contributed by atoms with Crippen molar-refractivity contribution in [1.82, 2.24) is 10.2 Å². The van der Waals surface area contributed by atoms with Crippen LogP contribution in [-0.4, -0.2) is 50.0 Å². The van der Waals surface area contributed by atoms with Gasteiger partial charge in [0.1, 0.15) is 0 Å². The van der Waals surface area contributed by atoms with Crippen molar-refractivity contribution in [2.45, 2.75) is 51.7 Å². The van der Waals surface area contributed by atoms with Crippen LogP contribution in [-0.2, 0) is 16.4 Å². The molecule has 2 fully saturated rings. The molecule has 2 saturated heterocycles. The van der Waals surface area contributed by atoms with Crippen LogP contribution in [0.2, 0.25) is 0 Å². The van der Waals surface area contributed by atoms with E-state index < -0.39 is 9.84 Å². The van der Waals surface area contributed by atoms with E-state index in [1.165, 1.54) is 36.0 Å². The van der Waals surface area contributed by atoms with Gasteiger partial charge in [0.05, 0.1) is 11.5 Å². The van der Waals surface area contributed by atoms with E-state index in [1.807, 2.05) is 0 Å². The highest BCUT2D eigenvalue weighted by Crippen LogP contribution is 2.23. The molecule has 5 heteroatoms. The number of rotatable bonds is 4. The number of nitrogens with one attached hydrogen (secondary N) is 1. The van der Waals surface area contributed by atoms with Crippen molar-refractivity contribution in [3.63, 3.8) is 0 Å². The predicted molar refractivity (Wildman–Crippen MR) is 94.4 cm³/mol. The summed E-state index contributed by atoms with van der Waals surface area (Å²) in [5.41, 5.74) is 3.80. The molecule has 3 rings (SSSR count). The lowest BCUT2D eigenvalue weighted by Crippen LogP contribution is -2.50. The van der Waals surface area contributed by atoms with Gasteiger partial charge in [0.2, 0.25) is 0 Å². The Labute approximate surface area is 140 Å². The topological polar surface area (TPSA) is 49.4 Å². The molecule has 0 radical (unpaired) electrons. The minimum atomic E-state index is -2.92. The first kappa shape index (κ1) is 16.9. The van der Waals surface area contributed by atoms with Crippen LogP contribution in [0.1, 0.15) is 36.0 Å². The van der Waals surface area contributed by atoms with Crippen molar-refractivity contribution in [3.05, 3.63) is 34.9 Å². The number of hydrogen-bond donors (Lipinski definition) is 1. The molecule has 2 heterocycles. The second-order valence-electron chi connectivity index (χ2n) is 7.16. The summed E-state index contributed by atoms with van der Waals surface area (Å²) < 4.78 is 24.3. The first-order valence-electron chi connectivity index (χ1n) is 8.68. The molecule has 1 aromatic carbocycles. The number of piperidine rings is 1. The van der Waals surface area contributed by atoms with Gasteiger partial charge in [-0.1, -0.05) is 30.2 Å². The fraction of sp³-hybridized carbons (Fsp3) is 0.667. The summed E-state index contributed by atoms with van der Waals surface area (Å²) in [6.07, 6.45) is 3.66. The van der Waals surface area contributed by atoms with Crippen LogP contribution < -0.4 is 5.32 Å². The van der Waals surface area contributed by atoms with E-state index in [-0.39, 0.29) is 17.8 Å².